The topological polar surface area (TPSA) is 4.93 Å². The van der Waals surface area contributed by atoms with Crippen molar-refractivity contribution in [3.63, 3.8) is 0 Å². The van der Waals surface area contributed by atoms with E-state index in [0.717, 1.165) is 0 Å². The van der Waals surface area contributed by atoms with E-state index in [0.29, 0.717) is 0 Å². The fourth-order valence-corrected chi connectivity index (χ4v) is 2.61. The first-order chi connectivity index (χ1) is 11.7. The van der Waals surface area contributed by atoms with Crippen LogP contribution in [0.15, 0.2) is 79.0 Å². The molecule has 0 saturated heterocycles. The monoisotopic (exact) mass is 391 g/mol. The Kier molecular flexibility index (Phi) is 7.88. The van der Waals surface area contributed by atoms with E-state index < -0.39 is 17.0 Å². The predicted octanol–water partition coefficient (Wildman–Crippen LogP) is 6.75. The van der Waals surface area contributed by atoms with Gasteiger partial charge in [0.2, 0.25) is 0 Å². The number of aryl methyl sites for hydroxylation is 2. The molecule has 0 atom stereocenters. The van der Waals surface area contributed by atoms with Crippen molar-refractivity contribution >= 4 is 29.4 Å². The van der Waals surface area contributed by atoms with E-state index in [9.17, 15) is 0 Å². The van der Waals surface area contributed by atoms with Crippen molar-refractivity contribution < 1.29 is 17.0 Å². The molecule has 0 spiro atoms. The molecule has 124 valence electrons. The number of benzene rings is 1. The number of fused-ring (bicyclic) bond motifs is 1. The largest absolute Gasteiger partial charge is 0.214 e. The second kappa shape index (κ2) is 9.91. The van der Waals surface area contributed by atoms with Gasteiger partial charge in [0.25, 0.3) is 0 Å². The summed E-state index contributed by atoms with van der Waals surface area (Å²) in [6.07, 6.45) is 2.18. The van der Waals surface area contributed by atoms with Gasteiger partial charge in [-0.2, -0.15) is 18.2 Å². The fraction of sp³-hybridized carbons (Fsp3) is 0.100. The van der Waals surface area contributed by atoms with E-state index in [-0.39, 0.29) is 0 Å². The number of rotatable bonds is 1. The summed E-state index contributed by atoms with van der Waals surface area (Å²) in [5, 5.41) is 2.62. The standard InChI is InChI=1S/C15H14N.C5H5.2ClH.Ti/c1-11-7-12(2)16(10-11)15-8-13-5-3-4-6-14(13)9-15;1-2-4-5-3-1;;;/h3-10H,1-2H3;1-5H;2*1H;/q2*-1;;;+2/p-2. The maximum absolute atomic E-state index is 4.89. The Morgan fingerprint density at radius 1 is 0.958 bits per heavy atom. The number of hydrogen-bond acceptors (Lipinski definition) is 0. The molecule has 0 radical (unpaired) electrons. The molecule has 0 aliphatic carbocycles. The van der Waals surface area contributed by atoms with Gasteiger partial charge in [0.1, 0.15) is 0 Å². The molecule has 1 nitrogen and oxygen atoms in total. The molecule has 4 heteroatoms. The van der Waals surface area contributed by atoms with Crippen molar-refractivity contribution in [2.45, 2.75) is 13.8 Å². The third kappa shape index (κ3) is 5.39. The SMILES string of the molecule is Cc1cc(C)n(-c2cc3ccccc3[cH-]2)c1.[Cl][Ti][Cl].c1cc[cH-]c1. The van der Waals surface area contributed by atoms with Gasteiger partial charge in [0.05, 0.1) is 0 Å². The van der Waals surface area contributed by atoms with Gasteiger partial charge in [-0.3, -0.25) is 0 Å². The molecule has 0 N–H and O–H groups in total. The molecule has 1 heterocycles. The van der Waals surface area contributed by atoms with Crippen molar-refractivity contribution in [2.24, 2.45) is 0 Å². The van der Waals surface area contributed by atoms with Gasteiger partial charge in [-0.15, -0.1) is 41.1 Å². The molecule has 4 rings (SSSR count). The smallest absolute Gasteiger partial charge is 0.172 e. The fourth-order valence-electron chi connectivity index (χ4n) is 2.61. The normalized spacial score (nSPS) is 9.67. The number of halogens is 2. The summed E-state index contributed by atoms with van der Waals surface area (Å²) in [6, 6.07) is 25.2. The number of hydrogen-bond donors (Lipinski definition) is 0. The summed E-state index contributed by atoms with van der Waals surface area (Å²) in [4.78, 5) is 0. The molecule has 0 bridgehead atoms. The third-order valence-corrected chi connectivity index (χ3v) is 3.59. The van der Waals surface area contributed by atoms with E-state index >= 15 is 0 Å². The molecule has 0 amide bonds. The molecule has 0 fully saturated rings. The Morgan fingerprint density at radius 2 is 1.62 bits per heavy atom. The van der Waals surface area contributed by atoms with Crippen LogP contribution >= 0.6 is 18.6 Å². The van der Waals surface area contributed by atoms with Crippen LogP contribution in [0.5, 0.6) is 0 Å². The van der Waals surface area contributed by atoms with Gasteiger partial charge in [0, 0.05) is 11.9 Å². The van der Waals surface area contributed by atoms with Gasteiger partial charge in [-0.25, -0.2) is 12.1 Å². The summed E-state index contributed by atoms with van der Waals surface area (Å²) in [6.45, 7) is 4.27. The average molecular weight is 392 g/mol. The minimum absolute atomic E-state index is 0.556. The second-order valence-corrected chi connectivity index (χ2v) is 7.98. The molecule has 24 heavy (non-hydrogen) atoms. The van der Waals surface area contributed by atoms with Crippen molar-refractivity contribution in [1.82, 2.24) is 4.57 Å². The Labute approximate surface area is 160 Å². The van der Waals surface area contributed by atoms with Crippen LogP contribution in [0.3, 0.4) is 0 Å². The van der Waals surface area contributed by atoms with Crippen LogP contribution in [0.1, 0.15) is 11.3 Å². The Balaban J connectivity index is 0.000000217. The zero-order chi connectivity index (χ0) is 17.4. The molecule has 0 unspecified atom stereocenters. The molecule has 1 aromatic heterocycles. The predicted molar refractivity (Wildman–Crippen MR) is 102 cm³/mol. The average Bonchev–Trinajstić information content (AvgIpc) is 3.28. The van der Waals surface area contributed by atoms with Crippen molar-refractivity contribution in [2.75, 3.05) is 0 Å². The van der Waals surface area contributed by atoms with Crippen LogP contribution < -0.4 is 0 Å². The summed E-state index contributed by atoms with van der Waals surface area (Å²) >= 11 is -0.556. The van der Waals surface area contributed by atoms with E-state index in [2.05, 4.69) is 67.1 Å². The molecular formula is C20H19Cl2NTi-2. The number of nitrogens with zero attached hydrogens (tertiary/aromatic N) is 1. The van der Waals surface area contributed by atoms with E-state index in [1.54, 1.807) is 0 Å². The maximum Gasteiger partial charge on any atom is -0.172 e. The van der Waals surface area contributed by atoms with Crippen LogP contribution in [0.2, 0.25) is 0 Å². The van der Waals surface area contributed by atoms with Gasteiger partial charge in [-0.05, 0) is 31.2 Å². The van der Waals surface area contributed by atoms with E-state index in [1.165, 1.54) is 27.7 Å². The molecule has 4 aromatic rings. The first-order valence-corrected chi connectivity index (χ1v) is 11.9. The summed E-state index contributed by atoms with van der Waals surface area (Å²) in [5.41, 5.74) is 3.85. The van der Waals surface area contributed by atoms with Gasteiger partial charge >= 0.3 is 35.6 Å². The quantitative estimate of drug-likeness (QED) is 0.250. The number of aromatic nitrogens is 1. The van der Waals surface area contributed by atoms with Crippen LogP contribution in [0.25, 0.3) is 16.5 Å². The zero-order valence-electron chi connectivity index (χ0n) is 13.7. The Morgan fingerprint density at radius 3 is 2.12 bits per heavy atom. The molecular weight excluding hydrogens is 373 g/mol. The van der Waals surface area contributed by atoms with Crippen molar-refractivity contribution in [3.8, 4) is 5.69 Å². The van der Waals surface area contributed by atoms with Crippen LogP contribution in [0, 0.1) is 13.8 Å². The molecule has 0 saturated carbocycles. The third-order valence-electron chi connectivity index (χ3n) is 3.59. The van der Waals surface area contributed by atoms with Gasteiger partial charge in [0.15, 0.2) is 0 Å². The van der Waals surface area contributed by atoms with E-state index in [1.807, 2.05) is 30.3 Å². The van der Waals surface area contributed by atoms with Gasteiger partial charge < -0.3 is 4.57 Å². The van der Waals surface area contributed by atoms with Crippen molar-refractivity contribution in [3.05, 3.63) is 90.3 Å². The summed E-state index contributed by atoms with van der Waals surface area (Å²) in [7, 11) is 9.78. The first-order valence-electron chi connectivity index (χ1n) is 7.60. The second-order valence-electron chi connectivity index (χ2n) is 5.40. The molecule has 3 aromatic carbocycles. The summed E-state index contributed by atoms with van der Waals surface area (Å²) in [5.74, 6) is 0. The summed E-state index contributed by atoms with van der Waals surface area (Å²) < 4.78 is 2.25. The minimum atomic E-state index is -0.556. The van der Waals surface area contributed by atoms with E-state index in [4.69, 9.17) is 18.6 Å². The van der Waals surface area contributed by atoms with Crippen molar-refractivity contribution in [1.29, 1.82) is 0 Å². The van der Waals surface area contributed by atoms with Crippen LogP contribution in [0.4, 0.5) is 0 Å². The first kappa shape index (κ1) is 19.1. The Hall–Kier alpha value is -1.25. The maximum atomic E-state index is 4.89. The zero-order valence-corrected chi connectivity index (χ0v) is 16.8. The molecule has 0 aliphatic heterocycles. The van der Waals surface area contributed by atoms with Crippen LogP contribution in [-0.2, 0) is 17.0 Å². The Bertz CT molecular complexity index is 793. The van der Waals surface area contributed by atoms with Gasteiger partial charge in [-0.1, -0.05) is 6.07 Å². The minimum Gasteiger partial charge on any atom is -0.214 e. The molecule has 0 aliphatic rings. The van der Waals surface area contributed by atoms with Crippen LogP contribution in [-0.4, -0.2) is 4.57 Å².